The summed E-state index contributed by atoms with van der Waals surface area (Å²) in [5.74, 6) is 0.810. The van der Waals surface area contributed by atoms with Crippen LogP contribution in [0.1, 0.15) is 71.7 Å². The predicted molar refractivity (Wildman–Crippen MR) is 137 cm³/mol. The van der Waals surface area contributed by atoms with Gasteiger partial charge in [-0.1, -0.05) is 36.0 Å². The summed E-state index contributed by atoms with van der Waals surface area (Å²) in [6, 6.07) is 8.27. The molecule has 0 unspecified atom stereocenters. The van der Waals surface area contributed by atoms with Gasteiger partial charge in [0.05, 0.1) is 16.9 Å². The first-order chi connectivity index (χ1) is 16.3. The lowest BCUT2D eigenvalue weighted by Gasteiger charge is -2.32. The smallest absolute Gasteiger partial charge is 0.465 e. The van der Waals surface area contributed by atoms with Gasteiger partial charge in [0.2, 0.25) is 5.88 Å². The number of thioether (sulfide) groups is 1. The van der Waals surface area contributed by atoms with E-state index in [9.17, 15) is 4.79 Å². The summed E-state index contributed by atoms with van der Waals surface area (Å²) in [6.45, 7) is 13.6. The SMILES string of the molecule is CC(C)(C)OC(=O)COc1nc(SCc2ccc(B3OC(C)(C)C(C)(C)O3)cc2)nc2c1CCC2. The van der Waals surface area contributed by atoms with Gasteiger partial charge in [0.15, 0.2) is 11.8 Å². The molecule has 1 aliphatic heterocycles. The first-order valence-corrected chi connectivity index (χ1v) is 13.1. The molecule has 7 nitrogen and oxygen atoms in total. The van der Waals surface area contributed by atoms with E-state index in [1.54, 1.807) is 11.8 Å². The Morgan fingerprint density at radius 1 is 1.06 bits per heavy atom. The molecule has 0 radical (unpaired) electrons. The molecule has 0 N–H and O–H groups in total. The number of fused-ring (bicyclic) bond motifs is 1. The fourth-order valence-electron chi connectivity index (χ4n) is 3.96. The summed E-state index contributed by atoms with van der Waals surface area (Å²) in [5.41, 5.74) is 2.90. The van der Waals surface area contributed by atoms with Crippen LogP contribution in [0, 0.1) is 0 Å². The Bertz CT molecular complexity index is 1070. The highest BCUT2D eigenvalue weighted by Crippen LogP contribution is 2.36. The van der Waals surface area contributed by atoms with Crippen molar-refractivity contribution in [1.29, 1.82) is 0 Å². The molecule has 2 heterocycles. The molecule has 2 aromatic rings. The summed E-state index contributed by atoms with van der Waals surface area (Å²) in [7, 11) is -0.369. The Labute approximate surface area is 212 Å². The number of hydrogen-bond donors (Lipinski definition) is 0. The van der Waals surface area contributed by atoms with Gasteiger partial charge in [-0.05, 0) is 78.8 Å². The third-order valence-corrected chi connectivity index (χ3v) is 7.41. The number of carbonyl (C=O) groups excluding carboxylic acids is 1. The van der Waals surface area contributed by atoms with Gasteiger partial charge in [0.25, 0.3) is 0 Å². The minimum absolute atomic E-state index is 0.161. The molecule has 188 valence electrons. The molecule has 0 saturated carbocycles. The second-order valence-electron chi connectivity index (χ2n) is 11.1. The molecule has 1 aromatic carbocycles. The molecule has 35 heavy (non-hydrogen) atoms. The zero-order valence-corrected chi connectivity index (χ0v) is 22.6. The minimum Gasteiger partial charge on any atom is -0.465 e. The molecule has 0 spiro atoms. The minimum atomic E-state index is -0.549. The van der Waals surface area contributed by atoms with E-state index in [0.29, 0.717) is 16.8 Å². The van der Waals surface area contributed by atoms with E-state index in [2.05, 4.69) is 56.9 Å². The van der Waals surface area contributed by atoms with Gasteiger partial charge in [0.1, 0.15) is 5.60 Å². The van der Waals surface area contributed by atoms with Crippen molar-refractivity contribution in [2.24, 2.45) is 0 Å². The number of aryl methyl sites for hydroxylation is 1. The number of hydrogen-bond acceptors (Lipinski definition) is 8. The van der Waals surface area contributed by atoms with E-state index in [0.717, 1.165) is 41.5 Å². The van der Waals surface area contributed by atoms with Crippen LogP contribution >= 0.6 is 11.8 Å². The molecule has 0 bridgehead atoms. The second-order valence-corrected chi connectivity index (χ2v) is 12.0. The first kappa shape index (κ1) is 26.0. The Hall–Kier alpha value is -2.10. The van der Waals surface area contributed by atoms with Crippen LogP contribution in [0.15, 0.2) is 29.4 Å². The van der Waals surface area contributed by atoms with Crippen molar-refractivity contribution in [1.82, 2.24) is 9.97 Å². The summed E-state index contributed by atoms with van der Waals surface area (Å²) in [5, 5.41) is 0.653. The van der Waals surface area contributed by atoms with Crippen LogP contribution in [0.3, 0.4) is 0 Å². The number of nitrogens with zero attached hydrogens (tertiary/aromatic N) is 2. The van der Waals surface area contributed by atoms with Gasteiger partial charge in [-0.15, -0.1) is 0 Å². The van der Waals surface area contributed by atoms with E-state index < -0.39 is 11.6 Å². The monoisotopic (exact) mass is 498 g/mol. The van der Waals surface area contributed by atoms with Crippen LogP contribution in [0.5, 0.6) is 5.88 Å². The van der Waals surface area contributed by atoms with Crippen molar-refractivity contribution < 1.29 is 23.6 Å². The van der Waals surface area contributed by atoms with Crippen molar-refractivity contribution >= 4 is 30.3 Å². The fourth-order valence-corrected chi connectivity index (χ4v) is 4.77. The van der Waals surface area contributed by atoms with Gasteiger partial charge in [-0.3, -0.25) is 0 Å². The second kappa shape index (κ2) is 9.75. The molecule has 1 aromatic heterocycles. The largest absolute Gasteiger partial charge is 0.494 e. The third kappa shape index (κ3) is 6.19. The molecule has 4 rings (SSSR count). The van der Waals surface area contributed by atoms with Gasteiger partial charge in [-0.25, -0.2) is 9.78 Å². The highest BCUT2D eigenvalue weighted by molar-refractivity contribution is 7.98. The van der Waals surface area contributed by atoms with Crippen LogP contribution in [0.2, 0.25) is 0 Å². The normalized spacial score (nSPS) is 18.4. The number of esters is 1. The Morgan fingerprint density at radius 2 is 1.71 bits per heavy atom. The van der Waals surface area contributed by atoms with Gasteiger partial charge < -0.3 is 18.8 Å². The van der Waals surface area contributed by atoms with E-state index in [4.69, 9.17) is 23.8 Å². The Morgan fingerprint density at radius 3 is 2.34 bits per heavy atom. The summed E-state index contributed by atoms with van der Waals surface area (Å²) < 4.78 is 23.4. The van der Waals surface area contributed by atoms with Crippen LogP contribution < -0.4 is 10.2 Å². The summed E-state index contributed by atoms with van der Waals surface area (Å²) >= 11 is 1.55. The topological polar surface area (TPSA) is 79.8 Å². The lowest BCUT2D eigenvalue weighted by atomic mass is 9.79. The predicted octanol–water partition coefficient (Wildman–Crippen LogP) is 4.28. The average Bonchev–Trinajstić information content (AvgIpc) is 3.31. The molecule has 0 amide bonds. The number of carbonyl (C=O) groups is 1. The summed E-state index contributed by atoms with van der Waals surface area (Å²) in [4.78, 5) is 21.5. The first-order valence-electron chi connectivity index (χ1n) is 12.1. The van der Waals surface area contributed by atoms with Crippen LogP contribution in [-0.4, -0.2) is 46.5 Å². The maximum Gasteiger partial charge on any atom is 0.494 e. The van der Waals surface area contributed by atoms with Gasteiger partial charge in [0, 0.05) is 11.3 Å². The molecule has 0 atom stereocenters. The van der Waals surface area contributed by atoms with E-state index in [1.807, 2.05) is 20.8 Å². The average molecular weight is 498 g/mol. The highest BCUT2D eigenvalue weighted by Gasteiger charge is 2.51. The number of benzene rings is 1. The maximum atomic E-state index is 12.1. The van der Waals surface area contributed by atoms with Crippen molar-refractivity contribution in [2.45, 2.75) is 95.4 Å². The summed E-state index contributed by atoms with van der Waals surface area (Å²) in [6.07, 6.45) is 2.78. The van der Waals surface area contributed by atoms with Crippen molar-refractivity contribution in [3.05, 3.63) is 41.1 Å². The molecular weight excluding hydrogens is 463 g/mol. The van der Waals surface area contributed by atoms with Crippen molar-refractivity contribution in [3.63, 3.8) is 0 Å². The molecule has 1 aliphatic carbocycles. The van der Waals surface area contributed by atoms with Crippen LogP contribution in [0.25, 0.3) is 0 Å². The van der Waals surface area contributed by atoms with Crippen LogP contribution in [-0.2, 0) is 37.4 Å². The van der Waals surface area contributed by atoms with Crippen molar-refractivity contribution in [2.75, 3.05) is 6.61 Å². The van der Waals surface area contributed by atoms with E-state index >= 15 is 0 Å². The lowest BCUT2D eigenvalue weighted by molar-refractivity contribution is -0.157. The zero-order valence-electron chi connectivity index (χ0n) is 21.8. The van der Waals surface area contributed by atoms with Crippen LogP contribution in [0.4, 0.5) is 0 Å². The zero-order chi connectivity index (χ0) is 25.4. The van der Waals surface area contributed by atoms with Gasteiger partial charge >= 0.3 is 13.1 Å². The Kier molecular flexibility index (Phi) is 7.24. The van der Waals surface area contributed by atoms with Gasteiger partial charge in [-0.2, -0.15) is 4.98 Å². The fraction of sp³-hybridized carbons (Fsp3) is 0.577. The Balaban J connectivity index is 1.39. The molecular formula is C26H35BN2O5S. The quantitative estimate of drug-likeness (QED) is 0.242. The maximum absolute atomic E-state index is 12.1. The standard InChI is InChI=1S/C26H35BN2O5S/c1-24(2,3)32-21(30)15-31-22-19-9-8-10-20(19)28-23(29-22)35-16-17-11-13-18(14-12-17)27-33-25(4,5)26(6,7)34-27/h11-14H,8-10,15-16H2,1-7H3. The third-order valence-electron chi connectivity index (χ3n) is 6.49. The lowest BCUT2D eigenvalue weighted by Crippen LogP contribution is -2.41. The number of rotatable bonds is 7. The van der Waals surface area contributed by atoms with Crippen molar-refractivity contribution in [3.8, 4) is 5.88 Å². The van der Waals surface area contributed by atoms with E-state index in [1.165, 1.54) is 0 Å². The number of aromatic nitrogens is 2. The molecule has 1 fully saturated rings. The molecule has 1 saturated heterocycles. The highest BCUT2D eigenvalue weighted by atomic mass is 32.2. The molecule has 2 aliphatic rings. The number of ether oxygens (including phenoxy) is 2. The van der Waals surface area contributed by atoms with E-state index in [-0.39, 0.29) is 24.9 Å². The molecule has 9 heteroatoms.